The minimum Gasteiger partial charge on any atom is -0.447 e. The molecule has 0 radical (unpaired) electrons. The maximum absolute atomic E-state index is 5.30. The lowest BCUT2D eigenvalue weighted by molar-refractivity contribution is 0.488. The number of hydrogen-bond acceptors (Lipinski definition) is 3. The molecule has 0 aliphatic heterocycles. The van der Waals surface area contributed by atoms with Crippen LogP contribution in [0, 0.1) is 0 Å². The van der Waals surface area contributed by atoms with Gasteiger partial charge in [-0.05, 0) is 12.6 Å². The Morgan fingerprint density at radius 1 is 1.27 bits per heavy atom. The third-order valence-electron chi connectivity index (χ3n) is 2.28. The second kappa shape index (κ2) is 4.75. The van der Waals surface area contributed by atoms with E-state index in [0.29, 0.717) is 0 Å². The second-order valence-electron chi connectivity index (χ2n) is 3.41. The van der Waals surface area contributed by atoms with Crippen molar-refractivity contribution in [2.24, 2.45) is 0 Å². The van der Waals surface area contributed by atoms with Crippen LogP contribution in [-0.4, -0.2) is 12.0 Å². The summed E-state index contributed by atoms with van der Waals surface area (Å²) >= 11 is 0. The number of aromatic nitrogens is 1. The van der Waals surface area contributed by atoms with E-state index >= 15 is 0 Å². The van der Waals surface area contributed by atoms with E-state index < -0.39 is 0 Å². The monoisotopic (exact) mass is 202 g/mol. The normalized spacial score (nSPS) is 10.5. The number of rotatable bonds is 4. The van der Waals surface area contributed by atoms with Crippen LogP contribution in [0.15, 0.2) is 41.1 Å². The lowest BCUT2D eigenvalue weighted by Crippen LogP contribution is -2.06. The van der Waals surface area contributed by atoms with E-state index in [1.54, 1.807) is 0 Å². The summed E-state index contributed by atoms with van der Waals surface area (Å²) in [7, 11) is 1.90. The van der Waals surface area contributed by atoms with Crippen molar-refractivity contribution >= 4 is 0 Å². The van der Waals surface area contributed by atoms with Crippen molar-refractivity contribution in [1.82, 2.24) is 10.3 Å². The van der Waals surface area contributed by atoms with Crippen LogP contribution < -0.4 is 5.32 Å². The summed E-state index contributed by atoms with van der Waals surface area (Å²) < 4.78 is 5.30. The van der Waals surface area contributed by atoms with Gasteiger partial charge in [0.25, 0.3) is 0 Å². The van der Waals surface area contributed by atoms with Crippen LogP contribution in [0.3, 0.4) is 0 Å². The number of oxazole rings is 1. The van der Waals surface area contributed by atoms with Crippen molar-refractivity contribution in [1.29, 1.82) is 0 Å². The van der Waals surface area contributed by atoms with Gasteiger partial charge in [-0.3, -0.25) is 0 Å². The first-order valence-electron chi connectivity index (χ1n) is 5.00. The molecule has 1 aromatic heterocycles. The highest BCUT2D eigenvalue weighted by molar-refractivity contribution is 5.22. The molecule has 0 unspecified atom stereocenters. The van der Waals surface area contributed by atoms with Crippen LogP contribution in [0.2, 0.25) is 0 Å². The molecule has 0 amide bonds. The molecule has 3 heteroatoms. The summed E-state index contributed by atoms with van der Waals surface area (Å²) in [4.78, 5) is 4.22. The highest BCUT2D eigenvalue weighted by atomic mass is 16.3. The Balaban J connectivity index is 2.14. The zero-order valence-corrected chi connectivity index (χ0v) is 8.73. The van der Waals surface area contributed by atoms with Gasteiger partial charge in [-0.15, -0.1) is 0 Å². The van der Waals surface area contributed by atoms with Crippen molar-refractivity contribution in [3.63, 3.8) is 0 Å². The van der Waals surface area contributed by atoms with Gasteiger partial charge in [0.2, 0.25) is 0 Å². The van der Waals surface area contributed by atoms with Gasteiger partial charge < -0.3 is 9.73 Å². The van der Waals surface area contributed by atoms with Gasteiger partial charge in [-0.1, -0.05) is 30.3 Å². The van der Waals surface area contributed by atoms with E-state index in [2.05, 4.69) is 22.4 Å². The minimum absolute atomic E-state index is 0.724. The molecular weight excluding hydrogens is 188 g/mol. The van der Waals surface area contributed by atoms with Gasteiger partial charge in [0, 0.05) is 6.42 Å². The third kappa shape index (κ3) is 2.44. The van der Waals surface area contributed by atoms with Crippen LogP contribution in [0.4, 0.5) is 0 Å². The summed E-state index contributed by atoms with van der Waals surface area (Å²) in [6, 6.07) is 10.3. The zero-order valence-electron chi connectivity index (χ0n) is 8.73. The molecule has 0 aliphatic rings. The van der Waals surface area contributed by atoms with Crippen molar-refractivity contribution in [3.8, 4) is 0 Å². The second-order valence-corrected chi connectivity index (χ2v) is 3.41. The molecule has 1 N–H and O–H groups in total. The first-order valence-corrected chi connectivity index (χ1v) is 5.00. The van der Waals surface area contributed by atoms with Gasteiger partial charge in [-0.2, -0.15) is 0 Å². The summed E-state index contributed by atoms with van der Waals surface area (Å²) in [6.07, 6.45) is 2.33. The average Bonchev–Trinajstić information content (AvgIpc) is 2.68. The first-order chi connectivity index (χ1) is 7.40. The Kier molecular flexibility index (Phi) is 3.15. The van der Waals surface area contributed by atoms with Crippen LogP contribution >= 0.6 is 0 Å². The Bertz CT molecular complexity index is 409. The average molecular weight is 202 g/mol. The van der Waals surface area contributed by atoms with Crippen molar-refractivity contribution in [3.05, 3.63) is 53.7 Å². The molecule has 0 aliphatic carbocycles. The minimum atomic E-state index is 0.724. The van der Waals surface area contributed by atoms with Crippen molar-refractivity contribution in [2.75, 3.05) is 7.05 Å². The molecular formula is C12H14N2O. The fourth-order valence-electron chi connectivity index (χ4n) is 1.53. The maximum atomic E-state index is 5.30. The van der Waals surface area contributed by atoms with Crippen LogP contribution in [0.1, 0.15) is 17.0 Å². The van der Waals surface area contributed by atoms with Gasteiger partial charge in [0.05, 0.1) is 12.2 Å². The molecule has 0 saturated carbocycles. The van der Waals surface area contributed by atoms with E-state index in [9.17, 15) is 0 Å². The molecule has 0 spiro atoms. The predicted molar refractivity (Wildman–Crippen MR) is 58.5 cm³/mol. The molecule has 0 atom stereocenters. The fraction of sp³-hybridized carbons (Fsp3) is 0.250. The van der Waals surface area contributed by atoms with Crippen LogP contribution in [0.5, 0.6) is 0 Å². The van der Waals surface area contributed by atoms with E-state index in [4.69, 9.17) is 4.42 Å². The first kappa shape index (κ1) is 9.93. The third-order valence-corrected chi connectivity index (χ3v) is 2.28. The van der Waals surface area contributed by atoms with Crippen molar-refractivity contribution in [2.45, 2.75) is 13.0 Å². The predicted octanol–water partition coefficient (Wildman–Crippen LogP) is 1.98. The smallest absolute Gasteiger partial charge is 0.181 e. The Hall–Kier alpha value is -1.61. The molecule has 0 bridgehead atoms. The molecule has 0 fully saturated rings. The van der Waals surface area contributed by atoms with E-state index in [-0.39, 0.29) is 0 Å². The highest BCUT2D eigenvalue weighted by Gasteiger charge is 2.07. The quantitative estimate of drug-likeness (QED) is 0.823. The van der Waals surface area contributed by atoms with Gasteiger partial charge >= 0.3 is 0 Å². The molecule has 1 heterocycles. The molecule has 1 aromatic carbocycles. The largest absolute Gasteiger partial charge is 0.447 e. The zero-order chi connectivity index (χ0) is 10.5. The molecule has 78 valence electrons. The fourth-order valence-corrected chi connectivity index (χ4v) is 1.53. The highest BCUT2D eigenvalue weighted by Crippen LogP contribution is 2.12. The maximum Gasteiger partial charge on any atom is 0.181 e. The van der Waals surface area contributed by atoms with Crippen LogP contribution in [0.25, 0.3) is 0 Å². The van der Waals surface area contributed by atoms with Crippen molar-refractivity contribution < 1.29 is 4.42 Å². The van der Waals surface area contributed by atoms with E-state index in [1.807, 2.05) is 25.2 Å². The lowest BCUT2D eigenvalue weighted by atomic mass is 10.1. The number of nitrogens with zero attached hydrogens (tertiary/aromatic N) is 1. The van der Waals surface area contributed by atoms with Gasteiger partial charge in [0.15, 0.2) is 6.39 Å². The SMILES string of the molecule is CNCc1ocnc1Cc1ccccc1. The molecule has 3 nitrogen and oxygen atoms in total. The Labute approximate surface area is 89.1 Å². The number of benzene rings is 1. The Morgan fingerprint density at radius 3 is 2.80 bits per heavy atom. The summed E-state index contributed by atoms with van der Waals surface area (Å²) in [5, 5.41) is 3.06. The topological polar surface area (TPSA) is 38.1 Å². The molecule has 2 aromatic rings. The number of hydrogen-bond donors (Lipinski definition) is 1. The van der Waals surface area contributed by atoms with Gasteiger partial charge in [0.1, 0.15) is 5.76 Å². The molecule has 0 saturated heterocycles. The standard InChI is InChI=1S/C12H14N2O/c1-13-8-12-11(14-9-15-12)7-10-5-3-2-4-6-10/h2-6,9,13H,7-8H2,1H3. The Morgan fingerprint density at radius 2 is 2.07 bits per heavy atom. The summed E-state index contributed by atoms with van der Waals surface area (Å²) in [5.41, 5.74) is 2.26. The summed E-state index contributed by atoms with van der Waals surface area (Å²) in [5.74, 6) is 0.918. The van der Waals surface area contributed by atoms with E-state index in [1.165, 1.54) is 12.0 Å². The van der Waals surface area contributed by atoms with Gasteiger partial charge in [-0.25, -0.2) is 4.98 Å². The van der Waals surface area contributed by atoms with E-state index in [0.717, 1.165) is 24.4 Å². The molecule has 2 rings (SSSR count). The molecule has 15 heavy (non-hydrogen) atoms. The number of nitrogens with one attached hydrogen (secondary N) is 1. The van der Waals surface area contributed by atoms with Crippen LogP contribution in [-0.2, 0) is 13.0 Å². The lowest BCUT2D eigenvalue weighted by Gasteiger charge is -2.00. The summed E-state index contributed by atoms with van der Waals surface area (Å²) in [6.45, 7) is 0.724.